The van der Waals surface area contributed by atoms with Gasteiger partial charge in [-0.3, -0.25) is 0 Å². The normalized spacial score (nSPS) is 9.49. The van der Waals surface area contributed by atoms with E-state index in [9.17, 15) is 13.2 Å². The van der Waals surface area contributed by atoms with Crippen LogP contribution in [-0.2, 0) is 0 Å². The highest BCUT2D eigenvalue weighted by Crippen LogP contribution is 2.23. The van der Waals surface area contributed by atoms with Crippen molar-refractivity contribution < 1.29 is 13.2 Å². The van der Waals surface area contributed by atoms with E-state index in [0.29, 0.717) is 5.56 Å². The van der Waals surface area contributed by atoms with Gasteiger partial charge in [-0.25, -0.2) is 13.2 Å². The van der Waals surface area contributed by atoms with Crippen molar-refractivity contribution in [3.8, 4) is 35.5 Å². The summed E-state index contributed by atoms with van der Waals surface area (Å²) in [6.07, 6.45) is 4.38. The molecule has 3 rings (SSSR count). The van der Waals surface area contributed by atoms with Crippen LogP contribution in [0.15, 0.2) is 59.6 Å². The molecule has 0 amide bonds. The summed E-state index contributed by atoms with van der Waals surface area (Å²) in [7, 11) is 0. The van der Waals surface area contributed by atoms with Gasteiger partial charge in [0.2, 0.25) is 0 Å². The summed E-state index contributed by atoms with van der Waals surface area (Å²) in [5, 5.41) is 1.92. The number of thiocarbonyl (C=S) groups is 1. The summed E-state index contributed by atoms with van der Waals surface area (Å²) < 4.78 is 42.3. The summed E-state index contributed by atoms with van der Waals surface area (Å²) in [5.41, 5.74) is 1.79. The molecule has 0 bridgehead atoms. The summed E-state index contributed by atoms with van der Waals surface area (Å²) in [4.78, 5) is 3.34. The minimum atomic E-state index is -0.926. The Hall–Kier alpha value is -4.07. The van der Waals surface area contributed by atoms with Gasteiger partial charge in [0.05, 0.1) is 10.7 Å². The van der Waals surface area contributed by atoms with Gasteiger partial charge >= 0.3 is 0 Å². The molecule has 0 fully saturated rings. The van der Waals surface area contributed by atoms with Gasteiger partial charge in [0.1, 0.15) is 11.5 Å². The first-order valence-electron chi connectivity index (χ1n) is 11.0. The maximum absolute atomic E-state index is 14.5. The van der Waals surface area contributed by atoms with Crippen molar-refractivity contribution >= 4 is 23.1 Å². The first-order valence-corrected chi connectivity index (χ1v) is 11.4. The Balaban J connectivity index is 1.70. The van der Waals surface area contributed by atoms with Crippen LogP contribution in [0.3, 0.4) is 0 Å². The molecule has 5 heteroatoms. The highest BCUT2D eigenvalue weighted by molar-refractivity contribution is 7.78. The van der Waals surface area contributed by atoms with E-state index in [4.69, 9.17) is 0 Å². The molecular formula is C30H20F3NS. The van der Waals surface area contributed by atoms with E-state index in [1.165, 1.54) is 25.0 Å². The number of rotatable bonds is 4. The van der Waals surface area contributed by atoms with Crippen LogP contribution in [0.5, 0.6) is 0 Å². The van der Waals surface area contributed by atoms with Gasteiger partial charge in [-0.05, 0) is 73.2 Å². The lowest BCUT2D eigenvalue weighted by Crippen LogP contribution is -1.88. The molecule has 0 aromatic heterocycles. The second-order valence-electron chi connectivity index (χ2n) is 7.52. The largest absolute Gasteiger partial charge is 0.206 e. The molecule has 0 atom stereocenters. The quantitative estimate of drug-likeness (QED) is 0.161. The van der Waals surface area contributed by atoms with Crippen molar-refractivity contribution in [2.75, 3.05) is 0 Å². The van der Waals surface area contributed by atoms with Crippen LogP contribution in [0, 0.1) is 53.0 Å². The fraction of sp³-hybridized carbons (Fsp3) is 0.167. The zero-order chi connectivity index (χ0) is 25.0. The van der Waals surface area contributed by atoms with Crippen molar-refractivity contribution in [1.82, 2.24) is 0 Å². The topological polar surface area (TPSA) is 12.4 Å². The molecule has 0 aliphatic heterocycles. The molecule has 0 saturated heterocycles. The van der Waals surface area contributed by atoms with E-state index in [2.05, 4.69) is 59.7 Å². The SMILES string of the molecule is CCCCCC#Cc1ccc(C#Cc2ccc(C#Cc3cc(F)c(N=C=S)c(F)c3)c(F)c2)cc1. The lowest BCUT2D eigenvalue weighted by Gasteiger charge is -1.99. The zero-order valence-corrected chi connectivity index (χ0v) is 19.8. The van der Waals surface area contributed by atoms with Crippen LogP contribution >= 0.6 is 12.2 Å². The lowest BCUT2D eigenvalue weighted by molar-refractivity contribution is 0.587. The third-order valence-corrected chi connectivity index (χ3v) is 4.95. The van der Waals surface area contributed by atoms with Crippen LogP contribution in [-0.4, -0.2) is 5.16 Å². The average molecular weight is 484 g/mol. The van der Waals surface area contributed by atoms with E-state index in [0.717, 1.165) is 36.1 Å². The molecule has 0 aliphatic rings. The molecule has 35 heavy (non-hydrogen) atoms. The van der Waals surface area contributed by atoms with E-state index >= 15 is 0 Å². The third-order valence-electron chi connectivity index (χ3n) is 4.86. The second-order valence-corrected chi connectivity index (χ2v) is 7.71. The molecule has 0 spiro atoms. The Labute approximate surface area is 209 Å². The van der Waals surface area contributed by atoms with Crippen molar-refractivity contribution in [1.29, 1.82) is 0 Å². The van der Waals surface area contributed by atoms with Gasteiger partial charge in [0, 0.05) is 28.7 Å². The Morgan fingerprint density at radius 3 is 1.89 bits per heavy atom. The van der Waals surface area contributed by atoms with Gasteiger partial charge in [-0.1, -0.05) is 55.3 Å². The zero-order valence-electron chi connectivity index (χ0n) is 19.0. The minimum absolute atomic E-state index is 0.0423. The fourth-order valence-electron chi connectivity index (χ4n) is 3.03. The van der Waals surface area contributed by atoms with Crippen molar-refractivity contribution in [2.45, 2.75) is 32.6 Å². The average Bonchev–Trinajstić information content (AvgIpc) is 2.85. The Bertz CT molecular complexity index is 1430. The fourth-order valence-corrected chi connectivity index (χ4v) is 3.12. The molecule has 0 N–H and O–H groups in total. The van der Waals surface area contributed by atoms with Crippen molar-refractivity contribution in [3.63, 3.8) is 0 Å². The van der Waals surface area contributed by atoms with Gasteiger partial charge in [-0.15, -0.1) is 0 Å². The Morgan fingerprint density at radius 1 is 0.686 bits per heavy atom. The van der Waals surface area contributed by atoms with Crippen LogP contribution in [0.25, 0.3) is 0 Å². The third kappa shape index (κ3) is 7.74. The van der Waals surface area contributed by atoms with Gasteiger partial charge in [-0.2, -0.15) is 4.99 Å². The number of benzene rings is 3. The van der Waals surface area contributed by atoms with E-state index in [-0.39, 0.29) is 11.1 Å². The van der Waals surface area contributed by atoms with E-state index in [1.807, 2.05) is 29.4 Å². The smallest absolute Gasteiger partial charge is 0.153 e. The second kappa shape index (κ2) is 13.0. The molecular weight excluding hydrogens is 463 g/mol. The molecule has 0 heterocycles. The highest BCUT2D eigenvalue weighted by atomic mass is 32.1. The molecule has 0 radical (unpaired) electrons. The van der Waals surface area contributed by atoms with Crippen LogP contribution in [0.4, 0.5) is 18.9 Å². The number of halogens is 3. The predicted octanol–water partition coefficient (Wildman–Crippen LogP) is 7.57. The minimum Gasteiger partial charge on any atom is -0.206 e. The van der Waals surface area contributed by atoms with Crippen molar-refractivity contribution in [2.24, 2.45) is 4.99 Å². The molecule has 0 unspecified atom stereocenters. The summed E-state index contributed by atoms with van der Waals surface area (Å²) >= 11 is 4.37. The van der Waals surface area contributed by atoms with E-state index < -0.39 is 23.1 Å². The van der Waals surface area contributed by atoms with Gasteiger partial charge < -0.3 is 0 Å². The Morgan fingerprint density at radius 2 is 1.26 bits per heavy atom. The first-order chi connectivity index (χ1) is 17.0. The summed E-state index contributed by atoms with van der Waals surface area (Å²) in [5.74, 6) is 14.9. The number of hydrogen-bond donors (Lipinski definition) is 0. The molecule has 0 aliphatic carbocycles. The molecule has 172 valence electrons. The number of aliphatic imine (C=N–C) groups is 1. The maximum atomic E-state index is 14.5. The molecule has 0 saturated carbocycles. The number of isothiocyanates is 1. The Kier molecular flexibility index (Phi) is 9.48. The monoisotopic (exact) mass is 483 g/mol. The number of hydrogen-bond acceptors (Lipinski definition) is 2. The molecule has 1 nitrogen and oxygen atoms in total. The highest BCUT2D eigenvalue weighted by Gasteiger charge is 2.09. The molecule has 3 aromatic carbocycles. The maximum Gasteiger partial charge on any atom is 0.153 e. The van der Waals surface area contributed by atoms with Crippen LogP contribution in [0.1, 0.15) is 60.4 Å². The van der Waals surface area contributed by atoms with Crippen LogP contribution in [0.2, 0.25) is 0 Å². The van der Waals surface area contributed by atoms with Crippen molar-refractivity contribution in [3.05, 3.63) is 99.9 Å². The summed E-state index contributed by atoms with van der Waals surface area (Å²) in [6.45, 7) is 2.16. The predicted molar refractivity (Wildman–Crippen MR) is 137 cm³/mol. The number of unbranched alkanes of at least 4 members (excludes halogenated alkanes) is 3. The lowest BCUT2D eigenvalue weighted by atomic mass is 10.1. The summed E-state index contributed by atoms with van der Waals surface area (Å²) in [6, 6.07) is 14.0. The number of nitrogens with zero attached hydrogens (tertiary/aromatic N) is 1. The van der Waals surface area contributed by atoms with E-state index in [1.54, 1.807) is 6.07 Å². The van der Waals surface area contributed by atoms with Gasteiger partial charge in [0.15, 0.2) is 11.6 Å². The first kappa shape index (κ1) is 25.6. The van der Waals surface area contributed by atoms with Gasteiger partial charge in [0.25, 0.3) is 0 Å². The molecule has 3 aromatic rings. The standard InChI is InChI=1S/C30H20F3NS/c1-2-3-4-5-6-7-22-8-10-23(11-9-22)12-13-24-14-16-26(27(31)18-24)17-15-25-19-28(32)30(34-21-35)29(33)20-25/h8-11,14,16,18-20H,2-5H2,1H3. The van der Waals surface area contributed by atoms with Crippen LogP contribution < -0.4 is 0 Å².